The molecular weight excluding hydrogens is 432 g/mol. The molecule has 8 nitrogen and oxygen atoms in total. The molecule has 0 N–H and O–H groups in total. The lowest BCUT2D eigenvalue weighted by molar-refractivity contribution is -0.138. The third-order valence-corrected chi connectivity index (χ3v) is 7.58. The van der Waals surface area contributed by atoms with Gasteiger partial charge in [0.1, 0.15) is 17.3 Å². The molecule has 0 bridgehead atoms. The Morgan fingerprint density at radius 2 is 1.56 bits per heavy atom. The Balaban J connectivity index is 1.42. The average molecular weight is 459 g/mol. The standard InChI is InChI=1S/C23H26N2O6S/c1-29-19-6-8-22(9-7-19)32(27,28)25-12-10-18(11-13-25)23(26)24(16-20-4-2-14-30-20)17-21-5-3-15-31-21/h2-9,14-15,18H,10-13,16-17H2,1H3. The van der Waals surface area contributed by atoms with E-state index in [1.807, 2.05) is 12.1 Å². The molecule has 0 atom stereocenters. The monoisotopic (exact) mass is 458 g/mol. The molecule has 0 aliphatic carbocycles. The number of carbonyl (C=O) groups is 1. The van der Waals surface area contributed by atoms with Crippen molar-refractivity contribution in [1.29, 1.82) is 0 Å². The van der Waals surface area contributed by atoms with Crippen molar-refractivity contribution in [2.24, 2.45) is 5.92 Å². The average Bonchev–Trinajstić information content (AvgIpc) is 3.53. The molecular formula is C23H26N2O6S. The third-order valence-electron chi connectivity index (χ3n) is 5.67. The number of rotatable bonds is 8. The van der Waals surface area contributed by atoms with Crippen LogP contribution in [0, 0.1) is 5.92 Å². The van der Waals surface area contributed by atoms with Gasteiger partial charge in [0, 0.05) is 19.0 Å². The van der Waals surface area contributed by atoms with Gasteiger partial charge in [0.2, 0.25) is 15.9 Å². The Morgan fingerprint density at radius 1 is 1.00 bits per heavy atom. The van der Waals surface area contributed by atoms with Gasteiger partial charge < -0.3 is 18.5 Å². The van der Waals surface area contributed by atoms with Crippen molar-refractivity contribution in [3.63, 3.8) is 0 Å². The SMILES string of the molecule is COc1ccc(S(=O)(=O)N2CCC(C(=O)N(Cc3ccco3)Cc3ccco3)CC2)cc1. The van der Waals surface area contributed by atoms with E-state index < -0.39 is 10.0 Å². The minimum atomic E-state index is -3.62. The van der Waals surface area contributed by atoms with Crippen LogP contribution in [0.5, 0.6) is 5.75 Å². The number of hydrogen-bond donors (Lipinski definition) is 0. The Hall–Kier alpha value is -3.04. The summed E-state index contributed by atoms with van der Waals surface area (Å²) in [6.45, 7) is 1.24. The molecule has 0 saturated carbocycles. The first kappa shape index (κ1) is 22.2. The van der Waals surface area contributed by atoms with E-state index in [-0.39, 0.29) is 16.7 Å². The smallest absolute Gasteiger partial charge is 0.243 e. The first-order chi connectivity index (χ1) is 15.5. The Morgan fingerprint density at radius 3 is 2.03 bits per heavy atom. The van der Waals surface area contributed by atoms with Crippen molar-refractivity contribution in [3.8, 4) is 5.75 Å². The first-order valence-electron chi connectivity index (χ1n) is 10.4. The minimum Gasteiger partial charge on any atom is -0.497 e. The van der Waals surface area contributed by atoms with Gasteiger partial charge in [-0.3, -0.25) is 4.79 Å². The number of furan rings is 2. The molecule has 2 aromatic heterocycles. The van der Waals surface area contributed by atoms with Crippen LogP contribution in [0.15, 0.2) is 74.8 Å². The summed E-state index contributed by atoms with van der Waals surface area (Å²) < 4.78 is 43.4. The van der Waals surface area contributed by atoms with Gasteiger partial charge in [0.15, 0.2) is 0 Å². The van der Waals surface area contributed by atoms with Gasteiger partial charge in [0.05, 0.1) is 37.6 Å². The number of benzene rings is 1. The molecule has 3 aromatic rings. The number of amides is 1. The second kappa shape index (κ2) is 9.62. The van der Waals surface area contributed by atoms with Crippen molar-refractivity contribution in [3.05, 3.63) is 72.6 Å². The molecule has 1 fully saturated rings. The quantitative estimate of drug-likeness (QED) is 0.513. The van der Waals surface area contributed by atoms with Crippen LogP contribution in [0.4, 0.5) is 0 Å². The van der Waals surface area contributed by atoms with Crippen LogP contribution in [0.1, 0.15) is 24.4 Å². The van der Waals surface area contributed by atoms with Gasteiger partial charge in [-0.1, -0.05) is 0 Å². The number of hydrogen-bond acceptors (Lipinski definition) is 6. The molecule has 0 spiro atoms. The highest BCUT2D eigenvalue weighted by atomic mass is 32.2. The van der Waals surface area contributed by atoms with Gasteiger partial charge in [-0.05, 0) is 61.4 Å². The van der Waals surface area contributed by atoms with E-state index in [2.05, 4.69) is 0 Å². The van der Waals surface area contributed by atoms with E-state index in [0.29, 0.717) is 56.3 Å². The topological polar surface area (TPSA) is 93.2 Å². The predicted molar refractivity (Wildman–Crippen MR) is 116 cm³/mol. The summed E-state index contributed by atoms with van der Waals surface area (Å²) >= 11 is 0. The van der Waals surface area contributed by atoms with Crippen molar-refractivity contribution < 1.29 is 26.8 Å². The summed E-state index contributed by atoms with van der Waals surface area (Å²) in [4.78, 5) is 15.2. The fourth-order valence-corrected chi connectivity index (χ4v) is 5.36. The summed E-state index contributed by atoms with van der Waals surface area (Å²) in [5, 5.41) is 0. The van der Waals surface area contributed by atoms with E-state index in [1.165, 1.54) is 11.4 Å². The Bertz CT molecular complexity index is 1060. The molecule has 1 aliphatic rings. The third kappa shape index (κ3) is 4.89. The molecule has 1 aromatic carbocycles. The highest BCUT2D eigenvalue weighted by molar-refractivity contribution is 7.89. The van der Waals surface area contributed by atoms with Crippen LogP contribution in [0.2, 0.25) is 0 Å². The van der Waals surface area contributed by atoms with Crippen molar-refractivity contribution in [2.45, 2.75) is 30.8 Å². The minimum absolute atomic E-state index is 0.0284. The van der Waals surface area contributed by atoms with Crippen LogP contribution >= 0.6 is 0 Å². The van der Waals surface area contributed by atoms with Crippen LogP contribution in [-0.2, 0) is 27.9 Å². The van der Waals surface area contributed by atoms with E-state index in [0.717, 1.165) is 0 Å². The number of methoxy groups -OCH3 is 1. The molecule has 4 rings (SSSR count). The second-order valence-electron chi connectivity index (χ2n) is 7.71. The molecule has 170 valence electrons. The Labute approximate surface area is 187 Å². The molecule has 9 heteroatoms. The predicted octanol–water partition coefficient (Wildman–Crippen LogP) is 3.51. The maximum Gasteiger partial charge on any atom is 0.243 e. The summed E-state index contributed by atoms with van der Waals surface area (Å²) in [6, 6.07) is 13.6. The lowest BCUT2D eigenvalue weighted by Gasteiger charge is -2.33. The molecule has 0 radical (unpaired) electrons. The summed E-state index contributed by atoms with van der Waals surface area (Å²) in [5.41, 5.74) is 0. The first-order valence-corrected chi connectivity index (χ1v) is 11.9. The van der Waals surface area contributed by atoms with Crippen LogP contribution in [0.25, 0.3) is 0 Å². The summed E-state index contributed by atoms with van der Waals surface area (Å²) in [6.07, 6.45) is 4.07. The maximum absolute atomic E-state index is 13.3. The number of ether oxygens (including phenoxy) is 1. The van der Waals surface area contributed by atoms with Crippen LogP contribution in [0.3, 0.4) is 0 Å². The van der Waals surface area contributed by atoms with Gasteiger partial charge in [-0.2, -0.15) is 4.31 Å². The fraction of sp³-hybridized carbons (Fsp3) is 0.348. The van der Waals surface area contributed by atoms with Gasteiger partial charge in [-0.25, -0.2) is 8.42 Å². The van der Waals surface area contributed by atoms with E-state index in [9.17, 15) is 13.2 Å². The van der Waals surface area contributed by atoms with Crippen LogP contribution < -0.4 is 4.74 Å². The number of nitrogens with zero attached hydrogens (tertiary/aromatic N) is 2. The zero-order chi connectivity index (χ0) is 22.6. The molecule has 1 saturated heterocycles. The second-order valence-corrected chi connectivity index (χ2v) is 9.64. The zero-order valence-corrected chi connectivity index (χ0v) is 18.7. The highest BCUT2D eigenvalue weighted by Gasteiger charge is 2.34. The maximum atomic E-state index is 13.3. The van der Waals surface area contributed by atoms with Crippen molar-refractivity contribution in [2.75, 3.05) is 20.2 Å². The molecule has 32 heavy (non-hydrogen) atoms. The molecule has 1 amide bonds. The van der Waals surface area contributed by atoms with Crippen molar-refractivity contribution >= 4 is 15.9 Å². The fourth-order valence-electron chi connectivity index (χ4n) is 3.89. The molecule has 0 unspecified atom stereocenters. The largest absolute Gasteiger partial charge is 0.497 e. The lowest BCUT2D eigenvalue weighted by Crippen LogP contribution is -2.44. The number of sulfonamides is 1. The highest BCUT2D eigenvalue weighted by Crippen LogP contribution is 2.27. The number of piperidine rings is 1. The lowest BCUT2D eigenvalue weighted by atomic mass is 9.96. The van der Waals surface area contributed by atoms with Crippen LogP contribution in [-0.4, -0.2) is 43.7 Å². The normalized spacial score (nSPS) is 15.5. The van der Waals surface area contributed by atoms with Crippen molar-refractivity contribution in [1.82, 2.24) is 9.21 Å². The van der Waals surface area contributed by atoms with Gasteiger partial charge in [-0.15, -0.1) is 0 Å². The Kier molecular flexibility index (Phi) is 6.66. The zero-order valence-electron chi connectivity index (χ0n) is 17.8. The van der Waals surface area contributed by atoms with E-state index in [4.69, 9.17) is 13.6 Å². The summed E-state index contributed by atoms with van der Waals surface area (Å²) in [7, 11) is -2.08. The van der Waals surface area contributed by atoms with E-state index >= 15 is 0 Å². The molecule has 1 aliphatic heterocycles. The summed E-state index contributed by atoms with van der Waals surface area (Å²) in [5.74, 6) is 1.68. The van der Waals surface area contributed by atoms with E-state index in [1.54, 1.807) is 53.8 Å². The molecule has 3 heterocycles. The van der Waals surface area contributed by atoms with Gasteiger partial charge >= 0.3 is 0 Å². The number of carbonyl (C=O) groups excluding carboxylic acids is 1. The van der Waals surface area contributed by atoms with Gasteiger partial charge in [0.25, 0.3) is 0 Å².